The lowest BCUT2D eigenvalue weighted by Gasteiger charge is -2.23. The fourth-order valence-corrected chi connectivity index (χ4v) is 3.55. The number of aryl methyl sites for hydroxylation is 2. The number of rotatable bonds is 5. The van der Waals surface area contributed by atoms with Gasteiger partial charge in [0.05, 0.1) is 16.4 Å². The van der Waals surface area contributed by atoms with E-state index < -0.39 is 0 Å². The van der Waals surface area contributed by atoms with E-state index in [2.05, 4.69) is 35.9 Å². The lowest BCUT2D eigenvalue weighted by atomic mass is 9.97. The average molecular weight is 298 g/mol. The van der Waals surface area contributed by atoms with E-state index in [1.165, 1.54) is 32.1 Å². The Balaban J connectivity index is 2.04. The lowest BCUT2D eigenvalue weighted by Crippen LogP contribution is -2.34. The molecule has 0 aromatic carbocycles. The Bertz CT molecular complexity index is 428. The highest BCUT2D eigenvalue weighted by Gasteiger charge is 2.21. The van der Waals surface area contributed by atoms with Crippen molar-refractivity contribution < 1.29 is 0 Å². The van der Waals surface area contributed by atoms with Crippen LogP contribution in [0.5, 0.6) is 0 Å². The van der Waals surface area contributed by atoms with Gasteiger partial charge in [0.15, 0.2) is 0 Å². The molecular weight excluding hydrogens is 270 g/mol. The molecule has 1 N–H and O–H groups in total. The number of nitrogens with zero attached hydrogens (tertiary/aromatic N) is 2. The molecule has 2 rings (SSSR count). The predicted octanol–water partition coefficient (Wildman–Crippen LogP) is 4.18. The van der Waals surface area contributed by atoms with E-state index in [0.717, 1.165) is 41.8 Å². The fourth-order valence-electron chi connectivity index (χ4n) is 3.21. The van der Waals surface area contributed by atoms with Crippen LogP contribution in [0, 0.1) is 5.92 Å². The van der Waals surface area contributed by atoms with Crippen LogP contribution in [0.1, 0.15) is 64.3 Å². The van der Waals surface area contributed by atoms with Crippen molar-refractivity contribution in [2.45, 2.75) is 78.4 Å². The molecule has 3 nitrogen and oxygen atoms in total. The van der Waals surface area contributed by atoms with Gasteiger partial charge in [0.2, 0.25) is 0 Å². The molecular formula is C16H28ClN3. The molecule has 0 bridgehead atoms. The fraction of sp³-hybridized carbons (Fsp3) is 0.812. The number of hydrogen-bond donors (Lipinski definition) is 1. The summed E-state index contributed by atoms with van der Waals surface area (Å²) in [5.41, 5.74) is 2.18. The van der Waals surface area contributed by atoms with E-state index in [9.17, 15) is 0 Å². The third-order valence-electron chi connectivity index (χ3n) is 4.59. The Labute approximate surface area is 128 Å². The van der Waals surface area contributed by atoms with Crippen LogP contribution in [0.25, 0.3) is 0 Å². The second-order valence-corrected chi connectivity index (χ2v) is 6.36. The first kappa shape index (κ1) is 15.8. The van der Waals surface area contributed by atoms with Gasteiger partial charge in [0.1, 0.15) is 0 Å². The molecule has 20 heavy (non-hydrogen) atoms. The summed E-state index contributed by atoms with van der Waals surface area (Å²) < 4.78 is 2.05. The lowest BCUT2D eigenvalue weighted by molar-refractivity contribution is 0.351. The molecule has 1 aliphatic rings. The molecule has 0 spiro atoms. The minimum absolute atomic E-state index is 0.624. The van der Waals surface area contributed by atoms with Crippen molar-refractivity contribution in [1.29, 1.82) is 0 Å². The van der Waals surface area contributed by atoms with E-state index in [4.69, 9.17) is 11.6 Å². The Morgan fingerprint density at radius 3 is 2.70 bits per heavy atom. The molecule has 1 aliphatic carbocycles. The summed E-state index contributed by atoms with van der Waals surface area (Å²) in [6.45, 7) is 8.34. The van der Waals surface area contributed by atoms with E-state index in [-0.39, 0.29) is 0 Å². The standard InChI is InChI=1S/C16H28ClN3/c1-4-13-16(17)15(20(5-2)19-13)11-18-14-10-8-6-7-9-12(14)3/h12,14,18H,4-11H2,1-3H3. The molecule has 2 unspecified atom stereocenters. The minimum atomic E-state index is 0.624. The molecule has 1 aromatic heterocycles. The monoisotopic (exact) mass is 297 g/mol. The van der Waals surface area contributed by atoms with Gasteiger partial charge < -0.3 is 5.32 Å². The van der Waals surface area contributed by atoms with Crippen LogP contribution >= 0.6 is 11.6 Å². The van der Waals surface area contributed by atoms with Crippen molar-refractivity contribution in [2.24, 2.45) is 5.92 Å². The molecule has 2 atom stereocenters. The Kier molecular flexibility index (Phi) is 5.91. The van der Waals surface area contributed by atoms with Crippen LogP contribution in [-0.4, -0.2) is 15.8 Å². The summed E-state index contributed by atoms with van der Waals surface area (Å²) in [7, 11) is 0. The summed E-state index contributed by atoms with van der Waals surface area (Å²) in [5.74, 6) is 0.764. The highest BCUT2D eigenvalue weighted by molar-refractivity contribution is 6.31. The number of halogens is 1. The van der Waals surface area contributed by atoms with Gasteiger partial charge in [0.25, 0.3) is 0 Å². The SMILES string of the molecule is CCc1nn(CC)c(CNC2CCCCCC2C)c1Cl. The third-order valence-corrected chi connectivity index (χ3v) is 5.02. The van der Waals surface area contributed by atoms with Crippen LogP contribution in [-0.2, 0) is 19.5 Å². The van der Waals surface area contributed by atoms with E-state index in [0.29, 0.717) is 6.04 Å². The zero-order valence-corrected chi connectivity index (χ0v) is 13.8. The van der Waals surface area contributed by atoms with E-state index in [1.807, 2.05) is 0 Å². The molecule has 0 amide bonds. The molecule has 4 heteroatoms. The van der Waals surface area contributed by atoms with Gasteiger partial charge >= 0.3 is 0 Å². The Morgan fingerprint density at radius 2 is 2.00 bits per heavy atom. The van der Waals surface area contributed by atoms with E-state index >= 15 is 0 Å². The predicted molar refractivity (Wildman–Crippen MR) is 85.2 cm³/mol. The smallest absolute Gasteiger partial charge is 0.0863 e. The van der Waals surface area contributed by atoms with Crippen LogP contribution < -0.4 is 5.32 Å². The molecule has 114 valence electrons. The van der Waals surface area contributed by atoms with Crippen LogP contribution in [0.15, 0.2) is 0 Å². The molecule has 1 saturated carbocycles. The van der Waals surface area contributed by atoms with Gasteiger partial charge in [-0.25, -0.2) is 0 Å². The molecule has 0 saturated heterocycles. The van der Waals surface area contributed by atoms with Crippen molar-refractivity contribution in [3.8, 4) is 0 Å². The third kappa shape index (κ3) is 3.56. The van der Waals surface area contributed by atoms with Crippen molar-refractivity contribution in [1.82, 2.24) is 15.1 Å². The molecule has 1 aromatic rings. The summed E-state index contributed by atoms with van der Waals surface area (Å²) >= 11 is 6.47. The molecule has 0 aliphatic heterocycles. The van der Waals surface area contributed by atoms with Gasteiger partial charge in [0, 0.05) is 19.1 Å². The van der Waals surface area contributed by atoms with Gasteiger partial charge in [-0.05, 0) is 32.1 Å². The largest absolute Gasteiger partial charge is 0.308 e. The van der Waals surface area contributed by atoms with E-state index in [1.54, 1.807) is 0 Å². The maximum Gasteiger partial charge on any atom is 0.0863 e. The van der Waals surface area contributed by atoms with Crippen molar-refractivity contribution in [2.75, 3.05) is 0 Å². The highest BCUT2D eigenvalue weighted by Crippen LogP contribution is 2.25. The van der Waals surface area contributed by atoms with Gasteiger partial charge in [-0.1, -0.05) is 44.7 Å². The Hall–Kier alpha value is -0.540. The molecule has 0 radical (unpaired) electrons. The normalized spacial score (nSPS) is 23.8. The molecule has 1 fully saturated rings. The minimum Gasteiger partial charge on any atom is -0.308 e. The number of nitrogens with one attached hydrogen (secondary N) is 1. The maximum absolute atomic E-state index is 6.47. The number of aromatic nitrogens is 2. The maximum atomic E-state index is 6.47. The van der Waals surface area contributed by atoms with Gasteiger partial charge in [-0.3, -0.25) is 4.68 Å². The summed E-state index contributed by atoms with van der Waals surface area (Å²) in [6, 6.07) is 0.624. The second-order valence-electron chi connectivity index (χ2n) is 5.98. The Morgan fingerprint density at radius 1 is 1.25 bits per heavy atom. The van der Waals surface area contributed by atoms with Gasteiger partial charge in [-0.15, -0.1) is 0 Å². The second kappa shape index (κ2) is 7.46. The first-order valence-electron chi connectivity index (χ1n) is 8.14. The zero-order chi connectivity index (χ0) is 14.5. The van der Waals surface area contributed by atoms with Crippen LogP contribution in [0.2, 0.25) is 5.02 Å². The summed E-state index contributed by atoms with van der Waals surface area (Å²) in [6.07, 6.45) is 7.66. The van der Waals surface area contributed by atoms with Crippen LogP contribution in [0.4, 0.5) is 0 Å². The topological polar surface area (TPSA) is 29.9 Å². The first-order chi connectivity index (χ1) is 9.67. The summed E-state index contributed by atoms with van der Waals surface area (Å²) in [5, 5.41) is 9.19. The zero-order valence-electron chi connectivity index (χ0n) is 13.1. The first-order valence-corrected chi connectivity index (χ1v) is 8.52. The summed E-state index contributed by atoms with van der Waals surface area (Å²) in [4.78, 5) is 0. The number of hydrogen-bond acceptors (Lipinski definition) is 2. The van der Waals surface area contributed by atoms with Crippen molar-refractivity contribution >= 4 is 11.6 Å². The van der Waals surface area contributed by atoms with Crippen molar-refractivity contribution in [3.05, 3.63) is 16.4 Å². The van der Waals surface area contributed by atoms with Crippen LogP contribution in [0.3, 0.4) is 0 Å². The van der Waals surface area contributed by atoms with Gasteiger partial charge in [-0.2, -0.15) is 5.10 Å². The average Bonchev–Trinajstić information content (AvgIpc) is 2.61. The quantitative estimate of drug-likeness (QED) is 0.826. The molecule has 1 heterocycles. The highest BCUT2D eigenvalue weighted by atomic mass is 35.5. The van der Waals surface area contributed by atoms with Crippen molar-refractivity contribution in [3.63, 3.8) is 0 Å².